The van der Waals surface area contributed by atoms with Crippen molar-refractivity contribution in [2.24, 2.45) is 4.99 Å². The normalized spacial score (nSPS) is 12.9. The quantitative estimate of drug-likeness (QED) is 0.465. The Morgan fingerprint density at radius 1 is 1.10 bits per heavy atom. The molecule has 0 saturated heterocycles. The van der Waals surface area contributed by atoms with Crippen LogP contribution in [-0.4, -0.2) is 61.7 Å². The van der Waals surface area contributed by atoms with E-state index in [0.717, 1.165) is 12.4 Å². The molecule has 1 rings (SSSR count). The smallest absolute Gasteiger partial charge is 0.195 e. The third kappa shape index (κ3) is 7.13. The van der Waals surface area contributed by atoms with Crippen LogP contribution in [0.25, 0.3) is 0 Å². The summed E-state index contributed by atoms with van der Waals surface area (Å²) in [5.41, 5.74) is 1.23. The number of rotatable bonds is 5. The fourth-order valence-electron chi connectivity index (χ4n) is 2.33. The van der Waals surface area contributed by atoms with E-state index in [4.69, 9.17) is 4.99 Å². The Hall–Kier alpha value is -0.820. The maximum atomic E-state index is 9.70. The van der Waals surface area contributed by atoms with Crippen molar-refractivity contribution in [2.75, 3.05) is 34.7 Å². The van der Waals surface area contributed by atoms with Gasteiger partial charge in [0.25, 0.3) is 0 Å². The molecule has 4 nitrogen and oxygen atoms in total. The first kappa shape index (κ1) is 20.2. The summed E-state index contributed by atoms with van der Waals surface area (Å²) in [4.78, 5) is 8.72. The first-order valence-corrected chi connectivity index (χ1v) is 7.04. The number of guanidine groups is 1. The van der Waals surface area contributed by atoms with Crippen molar-refractivity contribution in [3.63, 3.8) is 0 Å². The van der Waals surface area contributed by atoms with Crippen molar-refractivity contribution in [1.82, 2.24) is 9.80 Å². The van der Waals surface area contributed by atoms with E-state index in [1.165, 1.54) is 5.56 Å². The Kier molecular flexibility index (Phi) is 9.61. The van der Waals surface area contributed by atoms with Crippen LogP contribution in [0.15, 0.2) is 35.3 Å². The Morgan fingerprint density at radius 3 is 2.05 bits per heavy atom. The van der Waals surface area contributed by atoms with Gasteiger partial charge in [-0.25, -0.2) is 0 Å². The number of aliphatic hydroxyl groups is 1. The number of halogens is 1. The van der Waals surface area contributed by atoms with Crippen LogP contribution in [0.1, 0.15) is 24.8 Å². The topological polar surface area (TPSA) is 39.1 Å². The molecule has 1 aromatic carbocycles. The zero-order valence-electron chi connectivity index (χ0n) is 13.7. The first-order chi connectivity index (χ1) is 9.41. The van der Waals surface area contributed by atoms with Gasteiger partial charge in [-0.2, -0.15) is 0 Å². The summed E-state index contributed by atoms with van der Waals surface area (Å²) in [6, 6.07) is 10.3. The Balaban J connectivity index is 0.00000400. The lowest BCUT2D eigenvalue weighted by molar-refractivity contribution is 0.175. The number of aliphatic imine (C=N–C) groups is 1. The van der Waals surface area contributed by atoms with E-state index >= 15 is 0 Å². The Labute approximate surface area is 145 Å². The van der Waals surface area contributed by atoms with E-state index in [9.17, 15) is 5.11 Å². The second-order valence-corrected chi connectivity index (χ2v) is 5.62. The van der Waals surface area contributed by atoms with Crippen molar-refractivity contribution in [1.29, 1.82) is 0 Å². The summed E-state index contributed by atoms with van der Waals surface area (Å²) in [6.45, 7) is 2.51. The minimum Gasteiger partial charge on any atom is -0.393 e. The predicted molar refractivity (Wildman–Crippen MR) is 101 cm³/mol. The van der Waals surface area contributed by atoms with Gasteiger partial charge >= 0.3 is 0 Å². The molecule has 0 amide bonds. The third-order valence-corrected chi connectivity index (χ3v) is 3.15. The van der Waals surface area contributed by atoms with E-state index in [2.05, 4.69) is 12.1 Å². The van der Waals surface area contributed by atoms with Gasteiger partial charge in [-0.05, 0) is 18.9 Å². The molecule has 1 aromatic rings. The Bertz CT molecular complexity index is 409. The van der Waals surface area contributed by atoms with Gasteiger partial charge in [0.2, 0.25) is 0 Å². The van der Waals surface area contributed by atoms with Crippen LogP contribution >= 0.6 is 24.0 Å². The molecule has 0 aliphatic heterocycles. The molecule has 120 valence electrons. The molecule has 0 bridgehead atoms. The van der Waals surface area contributed by atoms with Gasteiger partial charge in [-0.15, -0.1) is 24.0 Å². The SMILES string of the molecule is CC(O)CC(CN=C(N(C)C)N(C)C)c1ccccc1.I. The molecule has 0 aliphatic rings. The van der Waals surface area contributed by atoms with Crippen molar-refractivity contribution < 1.29 is 5.11 Å². The van der Waals surface area contributed by atoms with E-state index < -0.39 is 0 Å². The highest BCUT2D eigenvalue weighted by molar-refractivity contribution is 14.0. The highest BCUT2D eigenvalue weighted by Crippen LogP contribution is 2.21. The predicted octanol–water partition coefficient (Wildman–Crippen LogP) is 2.64. The summed E-state index contributed by atoms with van der Waals surface area (Å²) >= 11 is 0. The van der Waals surface area contributed by atoms with E-state index in [0.29, 0.717) is 6.54 Å². The number of benzene rings is 1. The molecule has 0 spiro atoms. The molecule has 1 N–H and O–H groups in total. The van der Waals surface area contributed by atoms with Gasteiger partial charge < -0.3 is 14.9 Å². The van der Waals surface area contributed by atoms with Crippen LogP contribution in [0.2, 0.25) is 0 Å². The van der Waals surface area contributed by atoms with Gasteiger partial charge in [0, 0.05) is 40.7 Å². The second kappa shape index (κ2) is 10.00. The number of hydrogen-bond acceptors (Lipinski definition) is 2. The number of aliphatic hydroxyl groups excluding tert-OH is 1. The largest absolute Gasteiger partial charge is 0.393 e. The van der Waals surface area contributed by atoms with E-state index in [1.807, 2.05) is 63.1 Å². The van der Waals surface area contributed by atoms with Gasteiger partial charge in [-0.3, -0.25) is 4.99 Å². The average molecular weight is 405 g/mol. The molecule has 2 atom stereocenters. The summed E-state index contributed by atoms with van der Waals surface area (Å²) < 4.78 is 0. The summed E-state index contributed by atoms with van der Waals surface area (Å²) in [5, 5.41) is 9.70. The van der Waals surface area contributed by atoms with Gasteiger partial charge in [-0.1, -0.05) is 30.3 Å². The lowest BCUT2D eigenvalue weighted by atomic mass is 9.93. The highest BCUT2D eigenvalue weighted by Gasteiger charge is 2.15. The minimum absolute atomic E-state index is 0. The summed E-state index contributed by atoms with van der Waals surface area (Å²) in [7, 11) is 7.96. The standard InChI is InChI=1S/C16H27N3O.HI/c1-13(20)11-15(14-9-7-6-8-10-14)12-17-16(18(2)3)19(4)5;/h6-10,13,15,20H,11-12H2,1-5H3;1H. The molecular weight excluding hydrogens is 377 g/mol. The van der Waals surface area contributed by atoms with E-state index in [1.54, 1.807) is 0 Å². The van der Waals surface area contributed by atoms with E-state index in [-0.39, 0.29) is 36.0 Å². The van der Waals surface area contributed by atoms with Crippen LogP contribution in [0.3, 0.4) is 0 Å². The maximum absolute atomic E-state index is 9.70. The lowest BCUT2D eigenvalue weighted by Gasteiger charge is -2.24. The molecule has 0 fully saturated rings. The molecule has 0 heterocycles. The fourth-order valence-corrected chi connectivity index (χ4v) is 2.33. The van der Waals surface area contributed by atoms with Crippen LogP contribution in [0.5, 0.6) is 0 Å². The first-order valence-electron chi connectivity index (χ1n) is 7.04. The van der Waals surface area contributed by atoms with Crippen molar-refractivity contribution in [3.8, 4) is 0 Å². The third-order valence-electron chi connectivity index (χ3n) is 3.15. The molecule has 21 heavy (non-hydrogen) atoms. The molecule has 0 saturated carbocycles. The van der Waals surface area contributed by atoms with Crippen molar-refractivity contribution >= 4 is 29.9 Å². The molecular formula is C16H28IN3O. The fraction of sp³-hybridized carbons (Fsp3) is 0.562. The van der Waals surface area contributed by atoms with Crippen molar-refractivity contribution in [3.05, 3.63) is 35.9 Å². The average Bonchev–Trinajstić information content (AvgIpc) is 2.37. The van der Waals surface area contributed by atoms with Crippen molar-refractivity contribution in [2.45, 2.75) is 25.4 Å². The molecule has 0 radical (unpaired) electrons. The Morgan fingerprint density at radius 2 is 1.62 bits per heavy atom. The lowest BCUT2D eigenvalue weighted by Crippen LogP contribution is -2.35. The van der Waals surface area contributed by atoms with Gasteiger partial charge in [0.15, 0.2) is 5.96 Å². The van der Waals surface area contributed by atoms with Crippen LogP contribution in [0.4, 0.5) is 0 Å². The second-order valence-electron chi connectivity index (χ2n) is 5.62. The zero-order chi connectivity index (χ0) is 15.1. The maximum Gasteiger partial charge on any atom is 0.195 e. The van der Waals surface area contributed by atoms with Gasteiger partial charge in [0.1, 0.15) is 0 Å². The van der Waals surface area contributed by atoms with Gasteiger partial charge in [0.05, 0.1) is 6.10 Å². The molecule has 5 heteroatoms. The summed E-state index contributed by atoms with van der Waals surface area (Å²) in [5.74, 6) is 1.18. The number of hydrogen-bond donors (Lipinski definition) is 1. The van der Waals surface area contributed by atoms with Crippen LogP contribution in [-0.2, 0) is 0 Å². The molecule has 0 aromatic heterocycles. The zero-order valence-corrected chi connectivity index (χ0v) is 16.0. The molecule has 0 aliphatic carbocycles. The summed E-state index contributed by atoms with van der Waals surface area (Å²) in [6.07, 6.45) is 0.402. The monoisotopic (exact) mass is 405 g/mol. The molecule has 2 unspecified atom stereocenters. The highest BCUT2D eigenvalue weighted by atomic mass is 127. The van der Waals surface area contributed by atoms with Crippen LogP contribution < -0.4 is 0 Å². The minimum atomic E-state index is -0.322. The number of nitrogens with zero attached hydrogens (tertiary/aromatic N) is 3. The van der Waals surface area contributed by atoms with Crippen LogP contribution in [0, 0.1) is 0 Å².